The molecule has 2 aliphatic rings. The molecule has 0 unspecified atom stereocenters. The summed E-state index contributed by atoms with van der Waals surface area (Å²) in [6.45, 7) is 3.30. The molecule has 1 fully saturated rings. The molecular weight excluding hydrogens is 409 g/mol. The van der Waals surface area contributed by atoms with Gasteiger partial charge in [-0.3, -0.25) is 19.3 Å². The van der Waals surface area contributed by atoms with E-state index in [-0.39, 0.29) is 41.5 Å². The Morgan fingerprint density at radius 1 is 1.00 bits per heavy atom. The van der Waals surface area contributed by atoms with Crippen molar-refractivity contribution in [1.29, 1.82) is 0 Å². The topological polar surface area (TPSA) is 69.7 Å². The van der Waals surface area contributed by atoms with Gasteiger partial charge in [-0.25, -0.2) is 4.39 Å². The molecule has 2 aromatic rings. The first-order valence-corrected chi connectivity index (χ1v) is 9.79. The number of likely N-dealkylation sites (tertiary alicyclic amines) is 1. The van der Waals surface area contributed by atoms with Gasteiger partial charge in [0.15, 0.2) is 0 Å². The number of fused-ring (bicyclic) bond motifs is 1. The Morgan fingerprint density at radius 2 is 1.70 bits per heavy atom. The summed E-state index contributed by atoms with van der Waals surface area (Å²) in [6, 6.07) is 10.5. The van der Waals surface area contributed by atoms with Crippen molar-refractivity contribution in [3.05, 3.63) is 70.5 Å². The van der Waals surface area contributed by atoms with Crippen LogP contribution in [0.5, 0.6) is 0 Å². The first kappa shape index (κ1) is 21.9. The lowest BCUT2D eigenvalue weighted by Crippen LogP contribution is -2.33. The quantitative estimate of drug-likeness (QED) is 0.714. The van der Waals surface area contributed by atoms with E-state index >= 15 is 0 Å². The Bertz CT molecular complexity index is 976. The molecule has 4 rings (SSSR count). The van der Waals surface area contributed by atoms with Gasteiger partial charge in [0.05, 0.1) is 17.7 Å². The summed E-state index contributed by atoms with van der Waals surface area (Å²) < 4.78 is 13.9. The van der Waals surface area contributed by atoms with Crippen molar-refractivity contribution < 1.29 is 18.8 Å². The molecule has 2 aliphatic heterocycles. The molecule has 2 heterocycles. The molecular formula is C22H23ClFN3O3. The second-order valence-corrected chi connectivity index (χ2v) is 7.35. The molecule has 0 bridgehead atoms. The van der Waals surface area contributed by atoms with E-state index in [0.29, 0.717) is 12.1 Å². The van der Waals surface area contributed by atoms with Crippen molar-refractivity contribution >= 4 is 30.1 Å². The van der Waals surface area contributed by atoms with Crippen LogP contribution in [0.4, 0.5) is 4.39 Å². The van der Waals surface area contributed by atoms with E-state index in [2.05, 4.69) is 10.2 Å². The van der Waals surface area contributed by atoms with E-state index in [1.54, 1.807) is 18.2 Å². The summed E-state index contributed by atoms with van der Waals surface area (Å²) in [5.74, 6) is -1.74. The number of halogens is 2. The molecule has 0 saturated carbocycles. The van der Waals surface area contributed by atoms with Crippen LogP contribution in [0.3, 0.4) is 0 Å². The normalized spacial score (nSPS) is 15.8. The van der Waals surface area contributed by atoms with Gasteiger partial charge in [-0.1, -0.05) is 18.2 Å². The lowest BCUT2D eigenvalue weighted by atomic mass is 10.1. The number of rotatable bonds is 6. The van der Waals surface area contributed by atoms with Gasteiger partial charge in [0.1, 0.15) is 5.82 Å². The maximum absolute atomic E-state index is 13.9. The minimum absolute atomic E-state index is 0. The number of benzene rings is 2. The summed E-state index contributed by atoms with van der Waals surface area (Å²) in [5, 5.41) is 2.86. The van der Waals surface area contributed by atoms with Crippen molar-refractivity contribution in [3.63, 3.8) is 0 Å². The van der Waals surface area contributed by atoms with Crippen LogP contribution in [0.25, 0.3) is 0 Å². The zero-order valence-electron chi connectivity index (χ0n) is 16.4. The fraction of sp³-hybridized carbons (Fsp3) is 0.318. The zero-order chi connectivity index (χ0) is 20.4. The highest BCUT2D eigenvalue weighted by atomic mass is 35.5. The summed E-state index contributed by atoms with van der Waals surface area (Å²) in [4.78, 5) is 41.1. The van der Waals surface area contributed by atoms with Crippen molar-refractivity contribution in [2.24, 2.45) is 0 Å². The van der Waals surface area contributed by atoms with Crippen LogP contribution < -0.4 is 5.32 Å². The maximum atomic E-state index is 13.9. The fourth-order valence-corrected chi connectivity index (χ4v) is 3.81. The Hall–Kier alpha value is -2.77. The smallest absolute Gasteiger partial charge is 0.261 e. The van der Waals surface area contributed by atoms with Crippen LogP contribution >= 0.6 is 12.4 Å². The average Bonchev–Trinajstić information content (AvgIpc) is 3.32. The molecule has 0 aliphatic carbocycles. The van der Waals surface area contributed by atoms with Gasteiger partial charge < -0.3 is 10.2 Å². The third-order valence-corrected chi connectivity index (χ3v) is 5.43. The second kappa shape index (κ2) is 9.36. The monoisotopic (exact) mass is 431 g/mol. The van der Waals surface area contributed by atoms with Gasteiger partial charge in [0.25, 0.3) is 17.7 Å². The molecule has 30 heavy (non-hydrogen) atoms. The number of nitrogens with one attached hydrogen (secondary N) is 1. The third-order valence-electron chi connectivity index (χ3n) is 5.43. The van der Waals surface area contributed by atoms with Gasteiger partial charge in [-0.15, -0.1) is 12.4 Å². The Balaban J connectivity index is 0.00000256. The predicted molar refractivity (Wildman–Crippen MR) is 112 cm³/mol. The van der Waals surface area contributed by atoms with E-state index in [9.17, 15) is 18.8 Å². The van der Waals surface area contributed by atoms with Crippen molar-refractivity contribution in [1.82, 2.24) is 15.1 Å². The molecule has 1 saturated heterocycles. The SMILES string of the molecule is Cl.O=C(NCCN1CCCC1)c1ccc2c(c1)C(=O)N(Cc1ccccc1F)C2=O. The van der Waals surface area contributed by atoms with Crippen molar-refractivity contribution in [2.75, 3.05) is 26.2 Å². The summed E-state index contributed by atoms with van der Waals surface area (Å²) in [5.41, 5.74) is 1.01. The number of imide groups is 1. The average molecular weight is 432 g/mol. The Labute approximate surface area is 180 Å². The lowest BCUT2D eigenvalue weighted by molar-refractivity contribution is 0.0641. The molecule has 0 atom stereocenters. The Kier molecular flexibility index (Phi) is 6.84. The molecule has 1 N–H and O–H groups in total. The minimum Gasteiger partial charge on any atom is -0.351 e. The van der Waals surface area contributed by atoms with Gasteiger partial charge in [0.2, 0.25) is 0 Å². The van der Waals surface area contributed by atoms with Crippen LogP contribution in [0, 0.1) is 5.82 Å². The molecule has 3 amide bonds. The number of nitrogens with zero attached hydrogens (tertiary/aromatic N) is 2. The van der Waals surface area contributed by atoms with Gasteiger partial charge in [0, 0.05) is 24.2 Å². The van der Waals surface area contributed by atoms with E-state index in [1.165, 1.54) is 37.1 Å². The van der Waals surface area contributed by atoms with Gasteiger partial charge in [-0.05, 0) is 50.2 Å². The Morgan fingerprint density at radius 3 is 2.43 bits per heavy atom. The number of hydrogen-bond acceptors (Lipinski definition) is 4. The summed E-state index contributed by atoms with van der Waals surface area (Å²) in [6.07, 6.45) is 2.39. The second-order valence-electron chi connectivity index (χ2n) is 7.35. The highest BCUT2D eigenvalue weighted by Gasteiger charge is 2.36. The van der Waals surface area contributed by atoms with Crippen LogP contribution in [0.15, 0.2) is 42.5 Å². The van der Waals surface area contributed by atoms with E-state index in [1.807, 2.05) is 0 Å². The maximum Gasteiger partial charge on any atom is 0.261 e. The van der Waals surface area contributed by atoms with Gasteiger partial charge in [-0.2, -0.15) is 0 Å². The summed E-state index contributed by atoms with van der Waals surface area (Å²) >= 11 is 0. The van der Waals surface area contributed by atoms with E-state index in [0.717, 1.165) is 24.5 Å². The van der Waals surface area contributed by atoms with Crippen molar-refractivity contribution in [3.8, 4) is 0 Å². The highest BCUT2D eigenvalue weighted by Crippen LogP contribution is 2.26. The largest absolute Gasteiger partial charge is 0.351 e. The fourth-order valence-electron chi connectivity index (χ4n) is 3.81. The van der Waals surface area contributed by atoms with Crippen LogP contribution in [-0.4, -0.2) is 53.7 Å². The molecule has 0 aromatic heterocycles. The number of hydrogen-bond donors (Lipinski definition) is 1. The molecule has 158 valence electrons. The van der Waals surface area contributed by atoms with Crippen LogP contribution in [0.2, 0.25) is 0 Å². The van der Waals surface area contributed by atoms with Crippen LogP contribution in [0.1, 0.15) is 49.5 Å². The zero-order valence-corrected chi connectivity index (χ0v) is 17.2. The first-order chi connectivity index (χ1) is 14.0. The van der Waals surface area contributed by atoms with Gasteiger partial charge >= 0.3 is 0 Å². The summed E-state index contributed by atoms with van der Waals surface area (Å²) in [7, 11) is 0. The third kappa shape index (κ3) is 4.37. The lowest BCUT2D eigenvalue weighted by Gasteiger charge is -2.14. The highest BCUT2D eigenvalue weighted by molar-refractivity contribution is 6.22. The van der Waals surface area contributed by atoms with Crippen molar-refractivity contribution in [2.45, 2.75) is 19.4 Å². The molecule has 0 radical (unpaired) electrons. The molecule has 0 spiro atoms. The standard InChI is InChI=1S/C22H22FN3O3.ClH/c23-19-6-2-1-5-16(19)14-26-21(28)17-8-7-15(13-18(17)22(26)29)20(27)24-9-12-25-10-3-4-11-25;/h1-2,5-8,13H,3-4,9-12,14H2,(H,24,27);1H. The van der Waals surface area contributed by atoms with E-state index < -0.39 is 17.6 Å². The minimum atomic E-state index is -0.514. The van der Waals surface area contributed by atoms with Crippen LogP contribution in [-0.2, 0) is 6.54 Å². The predicted octanol–water partition coefficient (Wildman–Crippen LogP) is 2.87. The number of carbonyl (C=O) groups excluding carboxylic acids is 3. The molecule has 6 nitrogen and oxygen atoms in total. The first-order valence-electron chi connectivity index (χ1n) is 9.79. The number of carbonyl (C=O) groups is 3. The molecule has 2 aromatic carbocycles. The number of amides is 3. The van der Waals surface area contributed by atoms with E-state index in [4.69, 9.17) is 0 Å². The molecule has 8 heteroatoms.